The number of hydrogen-bond donors (Lipinski definition) is 1. The number of hydrogen-bond acceptors (Lipinski definition) is 7. The molecule has 2 aliphatic heterocycles. The molecular weight excluding hydrogens is 432 g/mol. The highest BCUT2D eigenvalue weighted by Gasteiger charge is 2.37. The highest BCUT2D eigenvalue weighted by atomic mass is 32.1. The zero-order chi connectivity index (χ0) is 22.8. The van der Waals surface area contributed by atoms with Crippen LogP contribution in [0.5, 0.6) is 23.0 Å². The Morgan fingerprint density at radius 2 is 1.81 bits per heavy atom. The molecule has 0 unspecified atom stereocenters. The molecular formula is C23H24N2O6S. The Bertz CT molecular complexity index is 1100. The Kier molecular flexibility index (Phi) is 6.09. The first-order chi connectivity index (χ1) is 15.5. The Morgan fingerprint density at radius 3 is 2.50 bits per heavy atom. The third-order valence-electron chi connectivity index (χ3n) is 5.43. The summed E-state index contributed by atoms with van der Waals surface area (Å²) < 4.78 is 27.3. The average molecular weight is 457 g/mol. The molecule has 0 radical (unpaired) electrons. The van der Waals surface area contributed by atoms with E-state index in [0.717, 1.165) is 11.3 Å². The van der Waals surface area contributed by atoms with Crippen LogP contribution in [-0.4, -0.2) is 45.6 Å². The van der Waals surface area contributed by atoms with Gasteiger partial charge in [-0.15, -0.1) is 0 Å². The van der Waals surface area contributed by atoms with E-state index in [1.807, 2.05) is 31.2 Å². The molecule has 0 spiro atoms. The summed E-state index contributed by atoms with van der Waals surface area (Å²) in [6.07, 6.45) is 0. The fourth-order valence-corrected chi connectivity index (χ4v) is 4.25. The van der Waals surface area contributed by atoms with Crippen molar-refractivity contribution in [3.63, 3.8) is 0 Å². The Labute approximate surface area is 191 Å². The van der Waals surface area contributed by atoms with Crippen LogP contribution in [0.15, 0.2) is 47.7 Å². The van der Waals surface area contributed by atoms with Crippen molar-refractivity contribution in [2.45, 2.75) is 13.0 Å². The number of carbonyl (C=O) groups excluding carboxylic acids is 1. The van der Waals surface area contributed by atoms with Gasteiger partial charge < -0.3 is 29.0 Å². The summed E-state index contributed by atoms with van der Waals surface area (Å²) in [5.74, 6) is 2.03. The van der Waals surface area contributed by atoms with Crippen LogP contribution in [0, 0.1) is 0 Å². The van der Waals surface area contributed by atoms with E-state index < -0.39 is 12.0 Å². The molecule has 2 aromatic rings. The van der Waals surface area contributed by atoms with Crippen molar-refractivity contribution < 1.29 is 28.5 Å². The number of allylic oxidation sites excluding steroid dienone is 1. The Balaban J connectivity index is 1.82. The maximum atomic E-state index is 12.9. The number of nitrogens with one attached hydrogen (secondary N) is 1. The molecule has 0 saturated carbocycles. The Morgan fingerprint density at radius 1 is 1.06 bits per heavy atom. The molecule has 0 bridgehead atoms. The van der Waals surface area contributed by atoms with Crippen molar-refractivity contribution in [3.8, 4) is 23.0 Å². The molecule has 2 aliphatic rings. The lowest BCUT2D eigenvalue weighted by Crippen LogP contribution is -2.48. The molecule has 0 aliphatic carbocycles. The number of nitrogens with zero attached hydrogens (tertiary/aromatic N) is 1. The van der Waals surface area contributed by atoms with Gasteiger partial charge in [-0.05, 0) is 43.4 Å². The molecule has 32 heavy (non-hydrogen) atoms. The molecule has 1 atom stereocenters. The molecule has 2 heterocycles. The largest absolute Gasteiger partial charge is 0.497 e. The first-order valence-electron chi connectivity index (χ1n) is 9.99. The van der Waals surface area contributed by atoms with E-state index in [4.69, 9.17) is 35.9 Å². The fraction of sp³-hybridized carbons (Fsp3) is 0.304. The van der Waals surface area contributed by atoms with Gasteiger partial charge in [-0.25, -0.2) is 4.79 Å². The summed E-state index contributed by atoms with van der Waals surface area (Å²) in [5.41, 5.74) is 2.53. The number of thiocarbonyl (C=S) groups is 1. The monoisotopic (exact) mass is 456 g/mol. The second kappa shape index (κ2) is 8.96. The quantitative estimate of drug-likeness (QED) is 0.538. The second-order valence-corrected chi connectivity index (χ2v) is 7.53. The van der Waals surface area contributed by atoms with E-state index in [1.165, 1.54) is 7.11 Å². The molecule has 0 aromatic heterocycles. The SMILES string of the molecule is COC(=O)C1=C(C)N(c2ccc3c(c2)OCCO3)C(=S)N[C@H]1c1ccc(OC)cc1OC. The number of methoxy groups -OCH3 is 3. The van der Waals surface area contributed by atoms with Gasteiger partial charge in [-0.1, -0.05) is 0 Å². The summed E-state index contributed by atoms with van der Waals surface area (Å²) in [6.45, 7) is 2.81. The summed E-state index contributed by atoms with van der Waals surface area (Å²) >= 11 is 5.71. The molecule has 168 valence electrons. The topological polar surface area (TPSA) is 78.5 Å². The van der Waals surface area contributed by atoms with E-state index in [9.17, 15) is 4.79 Å². The van der Waals surface area contributed by atoms with Gasteiger partial charge in [0.15, 0.2) is 16.6 Å². The lowest BCUT2D eigenvalue weighted by Gasteiger charge is -2.38. The van der Waals surface area contributed by atoms with Gasteiger partial charge in [0.05, 0.1) is 38.6 Å². The predicted molar refractivity (Wildman–Crippen MR) is 123 cm³/mol. The van der Waals surface area contributed by atoms with E-state index in [-0.39, 0.29) is 0 Å². The van der Waals surface area contributed by atoms with Crippen molar-refractivity contribution in [2.75, 3.05) is 39.4 Å². The van der Waals surface area contributed by atoms with Crippen molar-refractivity contribution in [2.24, 2.45) is 0 Å². The fourth-order valence-electron chi connectivity index (χ4n) is 3.89. The lowest BCUT2D eigenvalue weighted by atomic mass is 9.94. The van der Waals surface area contributed by atoms with Crippen LogP contribution in [0.2, 0.25) is 0 Å². The molecule has 9 heteroatoms. The van der Waals surface area contributed by atoms with Crippen LogP contribution in [0.25, 0.3) is 0 Å². The van der Waals surface area contributed by atoms with Gasteiger partial charge in [-0.2, -0.15) is 0 Å². The van der Waals surface area contributed by atoms with E-state index >= 15 is 0 Å². The summed E-state index contributed by atoms with van der Waals surface area (Å²) in [5, 5.41) is 3.70. The maximum Gasteiger partial charge on any atom is 0.337 e. The molecule has 2 aromatic carbocycles. The summed E-state index contributed by atoms with van der Waals surface area (Å²) in [7, 11) is 4.50. The third kappa shape index (κ3) is 3.80. The summed E-state index contributed by atoms with van der Waals surface area (Å²) in [4.78, 5) is 14.7. The lowest BCUT2D eigenvalue weighted by molar-refractivity contribution is -0.136. The standard InChI is InChI=1S/C23H24N2O6S/c1-13-20(22(26)29-4)21(16-7-6-15(27-2)12-18(16)28-3)24-23(32)25(13)14-5-8-17-19(11-14)31-10-9-30-17/h5-8,11-12,21H,9-10H2,1-4H3,(H,24,32)/t21-/m0/s1. The maximum absolute atomic E-state index is 12.9. The number of fused-ring (bicyclic) bond motifs is 1. The van der Waals surface area contributed by atoms with Crippen LogP contribution in [0.1, 0.15) is 18.5 Å². The van der Waals surface area contributed by atoms with Crippen molar-refractivity contribution in [1.82, 2.24) is 5.32 Å². The highest BCUT2D eigenvalue weighted by Crippen LogP contribution is 2.41. The van der Waals surface area contributed by atoms with Gasteiger partial charge in [0.2, 0.25) is 0 Å². The van der Waals surface area contributed by atoms with Crippen LogP contribution < -0.4 is 29.2 Å². The van der Waals surface area contributed by atoms with Crippen LogP contribution >= 0.6 is 12.2 Å². The second-order valence-electron chi connectivity index (χ2n) is 7.14. The van der Waals surface area contributed by atoms with Crippen molar-refractivity contribution in [3.05, 3.63) is 53.2 Å². The average Bonchev–Trinajstić information content (AvgIpc) is 2.82. The van der Waals surface area contributed by atoms with Crippen LogP contribution in [0.4, 0.5) is 5.69 Å². The van der Waals surface area contributed by atoms with Crippen molar-refractivity contribution in [1.29, 1.82) is 0 Å². The molecule has 1 N–H and O–H groups in total. The molecule has 8 nitrogen and oxygen atoms in total. The zero-order valence-corrected chi connectivity index (χ0v) is 19.1. The van der Waals surface area contributed by atoms with E-state index in [0.29, 0.717) is 52.6 Å². The van der Waals surface area contributed by atoms with E-state index in [1.54, 1.807) is 31.3 Å². The predicted octanol–water partition coefficient (Wildman–Crippen LogP) is 3.36. The molecule has 0 amide bonds. The number of anilines is 1. The first-order valence-corrected chi connectivity index (χ1v) is 10.4. The minimum Gasteiger partial charge on any atom is -0.497 e. The first kappa shape index (κ1) is 21.8. The van der Waals surface area contributed by atoms with Gasteiger partial charge in [0, 0.05) is 23.4 Å². The number of carbonyl (C=O) groups is 1. The van der Waals surface area contributed by atoms with Gasteiger partial charge in [0.1, 0.15) is 24.7 Å². The van der Waals surface area contributed by atoms with Gasteiger partial charge >= 0.3 is 5.97 Å². The van der Waals surface area contributed by atoms with E-state index in [2.05, 4.69) is 5.32 Å². The molecule has 4 rings (SSSR count). The Hall–Kier alpha value is -3.46. The smallest absolute Gasteiger partial charge is 0.337 e. The van der Waals surface area contributed by atoms with Crippen molar-refractivity contribution >= 4 is 29.0 Å². The number of esters is 1. The van der Waals surface area contributed by atoms with Crippen LogP contribution in [-0.2, 0) is 9.53 Å². The normalized spacial score (nSPS) is 17.6. The minimum atomic E-state index is -0.565. The highest BCUT2D eigenvalue weighted by molar-refractivity contribution is 7.80. The van der Waals surface area contributed by atoms with Gasteiger partial charge in [0.25, 0.3) is 0 Å². The minimum absolute atomic E-state index is 0.416. The number of ether oxygens (including phenoxy) is 5. The number of benzene rings is 2. The zero-order valence-electron chi connectivity index (χ0n) is 18.3. The number of rotatable bonds is 5. The molecule has 0 fully saturated rings. The summed E-state index contributed by atoms with van der Waals surface area (Å²) in [6, 6.07) is 10.4. The van der Waals surface area contributed by atoms with Gasteiger partial charge in [-0.3, -0.25) is 4.90 Å². The molecule has 0 saturated heterocycles. The van der Waals surface area contributed by atoms with Crippen LogP contribution in [0.3, 0.4) is 0 Å². The third-order valence-corrected chi connectivity index (χ3v) is 5.73.